The summed E-state index contributed by atoms with van der Waals surface area (Å²) in [5, 5.41) is 10.7. The topological polar surface area (TPSA) is 72.8 Å². The fourth-order valence-electron chi connectivity index (χ4n) is 4.00. The van der Waals surface area contributed by atoms with Gasteiger partial charge in [-0.15, -0.1) is 0 Å². The van der Waals surface area contributed by atoms with Crippen LogP contribution in [0.25, 0.3) is 0 Å². The molecule has 0 amide bonds. The highest BCUT2D eigenvalue weighted by atomic mass is 16.6. The minimum Gasteiger partial charge on any atom is -0.512 e. The van der Waals surface area contributed by atoms with Gasteiger partial charge in [0.25, 0.3) is 0 Å². The first-order chi connectivity index (χ1) is 11.3. The zero-order chi connectivity index (χ0) is 17.9. The van der Waals surface area contributed by atoms with Gasteiger partial charge in [-0.05, 0) is 30.8 Å². The van der Waals surface area contributed by atoms with E-state index in [0.29, 0.717) is 6.42 Å². The van der Waals surface area contributed by atoms with Crippen molar-refractivity contribution in [3.63, 3.8) is 0 Å². The fourth-order valence-corrected chi connectivity index (χ4v) is 4.00. The molecule has 1 heterocycles. The molecule has 0 spiro atoms. The number of methoxy groups -OCH3 is 1. The molecule has 5 nitrogen and oxygen atoms in total. The number of hydrogen-bond donors (Lipinski definition) is 1. The van der Waals surface area contributed by atoms with Gasteiger partial charge in [-0.25, -0.2) is 0 Å². The van der Waals surface area contributed by atoms with Gasteiger partial charge in [0.05, 0.1) is 25.2 Å². The minimum absolute atomic E-state index is 0.102. The average molecular weight is 338 g/mol. The molecule has 1 aliphatic carbocycles. The molecule has 0 bridgehead atoms. The van der Waals surface area contributed by atoms with Crippen molar-refractivity contribution in [3.8, 4) is 0 Å². The van der Waals surface area contributed by atoms with Crippen molar-refractivity contribution in [1.29, 1.82) is 0 Å². The Kier molecular flexibility index (Phi) is 5.94. The van der Waals surface area contributed by atoms with Gasteiger partial charge >= 0.3 is 11.9 Å². The number of hydrogen-bond acceptors (Lipinski definition) is 5. The van der Waals surface area contributed by atoms with Crippen LogP contribution in [-0.4, -0.2) is 30.3 Å². The molecule has 0 aromatic rings. The highest BCUT2D eigenvalue weighted by Gasteiger charge is 2.54. The van der Waals surface area contributed by atoms with Gasteiger partial charge in [0.15, 0.2) is 0 Å². The highest BCUT2D eigenvalue weighted by molar-refractivity contribution is 5.76. The number of unbranched alkanes of at least 4 members (excludes halogenated alkanes) is 1. The van der Waals surface area contributed by atoms with Crippen molar-refractivity contribution in [2.45, 2.75) is 65.4 Å². The zero-order valence-corrected chi connectivity index (χ0v) is 15.2. The molecular weight excluding hydrogens is 308 g/mol. The zero-order valence-electron chi connectivity index (χ0n) is 15.2. The van der Waals surface area contributed by atoms with Crippen LogP contribution in [0.15, 0.2) is 11.8 Å². The van der Waals surface area contributed by atoms with E-state index in [2.05, 4.69) is 20.8 Å². The third-order valence-corrected chi connectivity index (χ3v) is 5.46. The second kappa shape index (κ2) is 7.58. The molecule has 2 fully saturated rings. The van der Waals surface area contributed by atoms with Crippen molar-refractivity contribution in [2.24, 2.45) is 23.2 Å². The first-order valence-corrected chi connectivity index (χ1v) is 8.95. The SMILES string of the molecule is CCCCC(C)(C)CC=C(O)[C@H]1[C@H]2CC(=O)O[C@@H]2C[C@@H]1C(=O)OC. The summed E-state index contributed by atoms with van der Waals surface area (Å²) in [6.07, 6.45) is 6.39. The largest absolute Gasteiger partial charge is 0.512 e. The fraction of sp³-hybridized carbons (Fsp3) is 0.789. The monoisotopic (exact) mass is 338 g/mol. The van der Waals surface area contributed by atoms with E-state index < -0.39 is 5.92 Å². The lowest BCUT2D eigenvalue weighted by Gasteiger charge is -2.25. The molecule has 1 saturated carbocycles. The van der Waals surface area contributed by atoms with Crippen LogP contribution in [-0.2, 0) is 19.1 Å². The Morgan fingerprint density at radius 3 is 2.79 bits per heavy atom. The summed E-state index contributed by atoms with van der Waals surface area (Å²) in [6.45, 7) is 6.54. The lowest BCUT2D eigenvalue weighted by Crippen LogP contribution is -2.26. The number of aliphatic hydroxyl groups is 1. The van der Waals surface area contributed by atoms with Crippen molar-refractivity contribution in [1.82, 2.24) is 0 Å². The molecule has 1 N–H and O–H groups in total. The lowest BCUT2D eigenvalue weighted by molar-refractivity contribution is -0.149. The van der Waals surface area contributed by atoms with Gasteiger partial charge in [-0.1, -0.05) is 33.6 Å². The third-order valence-electron chi connectivity index (χ3n) is 5.46. The molecule has 0 radical (unpaired) electrons. The third kappa shape index (κ3) is 4.11. The van der Waals surface area contributed by atoms with Crippen LogP contribution in [0.1, 0.15) is 59.3 Å². The molecule has 136 valence electrons. The van der Waals surface area contributed by atoms with E-state index in [0.717, 1.165) is 25.7 Å². The van der Waals surface area contributed by atoms with Crippen LogP contribution < -0.4 is 0 Å². The van der Waals surface area contributed by atoms with E-state index >= 15 is 0 Å². The number of carbonyl (C=O) groups excluding carboxylic acids is 2. The summed E-state index contributed by atoms with van der Waals surface area (Å²) in [7, 11) is 1.36. The van der Waals surface area contributed by atoms with Gasteiger partial charge in [0.2, 0.25) is 0 Å². The molecule has 2 aliphatic rings. The smallest absolute Gasteiger partial charge is 0.309 e. The minimum atomic E-state index is -0.437. The molecule has 0 aromatic heterocycles. The van der Waals surface area contributed by atoms with Crippen molar-refractivity contribution in [3.05, 3.63) is 11.8 Å². The first-order valence-electron chi connectivity index (χ1n) is 8.95. The molecule has 5 heteroatoms. The number of carbonyl (C=O) groups is 2. The quantitative estimate of drug-likeness (QED) is 0.565. The molecule has 0 unspecified atom stereocenters. The summed E-state index contributed by atoms with van der Waals surface area (Å²) in [4.78, 5) is 23.6. The number of aliphatic hydroxyl groups excluding tert-OH is 1. The summed E-state index contributed by atoms with van der Waals surface area (Å²) >= 11 is 0. The van der Waals surface area contributed by atoms with Gasteiger partial charge < -0.3 is 14.6 Å². The van der Waals surface area contributed by atoms with E-state index in [9.17, 15) is 14.7 Å². The van der Waals surface area contributed by atoms with E-state index in [1.807, 2.05) is 6.08 Å². The van der Waals surface area contributed by atoms with Crippen LogP contribution >= 0.6 is 0 Å². The maximum absolute atomic E-state index is 12.1. The number of fused-ring (bicyclic) bond motifs is 1. The van der Waals surface area contributed by atoms with E-state index in [-0.39, 0.29) is 47.5 Å². The normalized spacial score (nSPS) is 30.2. The Bertz CT molecular complexity index is 508. The summed E-state index contributed by atoms with van der Waals surface area (Å²) < 4.78 is 10.2. The maximum Gasteiger partial charge on any atom is 0.309 e. The van der Waals surface area contributed by atoms with Crippen LogP contribution in [0.2, 0.25) is 0 Å². The molecule has 2 rings (SSSR count). The standard InChI is InChI=1S/C19H30O5/c1-5-6-8-19(2,3)9-7-14(20)17-12-11-16(21)24-15(12)10-13(17)18(22)23-4/h7,12-13,15,17,20H,5-6,8-11H2,1-4H3/t12-,13-,15+,17-/m0/s1. The van der Waals surface area contributed by atoms with Crippen molar-refractivity contribution >= 4 is 11.9 Å². The van der Waals surface area contributed by atoms with Crippen molar-refractivity contribution in [2.75, 3.05) is 7.11 Å². The average Bonchev–Trinajstić information content (AvgIpc) is 3.05. The molecule has 4 atom stereocenters. The molecule has 0 aromatic carbocycles. The number of ether oxygens (including phenoxy) is 2. The second-order valence-electron chi connectivity index (χ2n) is 7.89. The van der Waals surface area contributed by atoms with E-state index in [1.165, 1.54) is 7.11 Å². The van der Waals surface area contributed by atoms with Gasteiger partial charge in [-0.3, -0.25) is 9.59 Å². The highest BCUT2D eigenvalue weighted by Crippen LogP contribution is 2.48. The van der Waals surface area contributed by atoms with Crippen molar-refractivity contribution < 1.29 is 24.2 Å². The number of rotatable bonds is 7. The summed E-state index contributed by atoms with van der Waals surface area (Å²) in [6, 6.07) is 0. The van der Waals surface area contributed by atoms with E-state index in [1.54, 1.807) is 0 Å². The summed E-state index contributed by atoms with van der Waals surface area (Å²) in [5.74, 6) is -1.31. The first kappa shape index (κ1) is 18.8. The van der Waals surface area contributed by atoms with Crippen LogP contribution in [0.4, 0.5) is 0 Å². The summed E-state index contributed by atoms with van der Waals surface area (Å²) in [5.41, 5.74) is 0.102. The molecule has 1 saturated heterocycles. The Labute approximate surface area is 144 Å². The molecule has 24 heavy (non-hydrogen) atoms. The second-order valence-corrected chi connectivity index (χ2v) is 7.89. The van der Waals surface area contributed by atoms with Crippen LogP contribution in [0, 0.1) is 23.2 Å². The predicted octanol–water partition coefficient (Wildman–Crippen LogP) is 3.78. The van der Waals surface area contributed by atoms with Gasteiger partial charge in [0.1, 0.15) is 6.10 Å². The van der Waals surface area contributed by atoms with Crippen LogP contribution in [0.3, 0.4) is 0 Å². The molecular formula is C19H30O5. The number of allylic oxidation sites excluding steroid dienone is 2. The maximum atomic E-state index is 12.1. The van der Waals surface area contributed by atoms with Gasteiger partial charge in [0, 0.05) is 11.8 Å². The number of esters is 2. The predicted molar refractivity (Wildman–Crippen MR) is 90.2 cm³/mol. The van der Waals surface area contributed by atoms with Crippen LogP contribution in [0.5, 0.6) is 0 Å². The Morgan fingerprint density at radius 2 is 2.17 bits per heavy atom. The lowest BCUT2D eigenvalue weighted by atomic mass is 9.81. The van der Waals surface area contributed by atoms with Gasteiger partial charge in [-0.2, -0.15) is 0 Å². The Hall–Kier alpha value is -1.52. The Balaban J connectivity index is 2.13. The Morgan fingerprint density at radius 1 is 1.46 bits per heavy atom. The van der Waals surface area contributed by atoms with E-state index in [4.69, 9.17) is 9.47 Å². The molecule has 1 aliphatic heterocycles.